The Kier molecular flexibility index (Phi) is 15.9. The Morgan fingerprint density at radius 1 is 0.732 bits per heavy atom. The van der Waals surface area contributed by atoms with Crippen molar-refractivity contribution in [2.45, 2.75) is 84.1 Å². The number of aryl methyl sites for hydroxylation is 1. The van der Waals surface area contributed by atoms with Gasteiger partial charge in [0.05, 0.1) is 0 Å². The van der Waals surface area contributed by atoms with E-state index < -0.39 is 51.2 Å². The zero-order valence-corrected chi connectivity index (χ0v) is 43.8. The van der Waals surface area contributed by atoms with Crippen LogP contribution in [-0.4, -0.2) is 72.3 Å². The Morgan fingerprint density at radius 3 is 1.59 bits per heavy atom. The molecule has 2 heterocycles. The number of hydrogen-bond acceptors (Lipinski definition) is 9. The molecule has 1 aliphatic heterocycles. The van der Waals surface area contributed by atoms with Crippen LogP contribution in [0.2, 0.25) is 0 Å². The van der Waals surface area contributed by atoms with E-state index in [4.69, 9.17) is 23.5 Å². The molecule has 13 heteroatoms. The Bertz CT molecular complexity index is 2840. The summed E-state index contributed by atoms with van der Waals surface area (Å²) < 4.78 is 37.2. The molecule has 71 heavy (non-hydrogen) atoms. The number of allylic oxidation sites excluding steroid dienone is 1. The number of H-pyrrole nitrogens is 1. The summed E-state index contributed by atoms with van der Waals surface area (Å²) in [6.07, 6.45) is 1.17. The second kappa shape index (κ2) is 22.1. The quantitative estimate of drug-likeness (QED) is 0.0465. The van der Waals surface area contributed by atoms with Crippen molar-refractivity contribution in [3.63, 3.8) is 0 Å². The average Bonchev–Trinajstić information content (AvgIpc) is 3.79. The van der Waals surface area contributed by atoms with E-state index in [0.717, 1.165) is 37.2 Å². The zero-order valence-electron chi connectivity index (χ0n) is 41.8. The van der Waals surface area contributed by atoms with E-state index in [0.29, 0.717) is 17.1 Å². The van der Waals surface area contributed by atoms with Crippen molar-refractivity contribution in [1.29, 1.82) is 0 Å². The van der Waals surface area contributed by atoms with E-state index in [1.54, 1.807) is 21.1 Å². The van der Waals surface area contributed by atoms with Crippen LogP contribution in [0.5, 0.6) is 11.5 Å². The number of methoxy groups -OCH3 is 2. The van der Waals surface area contributed by atoms with Crippen LogP contribution in [0, 0.1) is 6.92 Å². The van der Waals surface area contributed by atoms with Gasteiger partial charge in [-0.1, -0.05) is 0 Å². The van der Waals surface area contributed by atoms with Gasteiger partial charge in [-0.3, -0.25) is 0 Å². The van der Waals surface area contributed by atoms with Gasteiger partial charge in [-0.15, -0.1) is 0 Å². The summed E-state index contributed by atoms with van der Waals surface area (Å²) in [5, 5.41) is 3.28. The molecule has 6 aromatic carbocycles. The van der Waals surface area contributed by atoms with Crippen LogP contribution < -0.4 is 36.3 Å². The van der Waals surface area contributed by atoms with Crippen LogP contribution in [0.3, 0.4) is 0 Å². The van der Waals surface area contributed by atoms with E-state index in [2.05, 4.69) is 116 Å². The van der Waals surface area contributed by atoms with Crippen LogP contribution in [0.25, 0.3) is 0 Å². The number of nitrogens with one attached hydrogen (secondary N) is 1. The minimum atomic E-state index is -4.43. The molecular weight excluding hydrogens is 926 g/mol. The van der Waals surface area contributed by atoms with Gasteiger partial charge in [0.25, 0.3) is 0 Å². The Balaban J connectivity index is 1.35. The summed E-state index contributed by atoms with van der Waals surface area (Å²) in [6, 6.07) is 56.9. The molecule has 3 atom stereocenters. The molecule has 370 valence electrons. The second-order valence-corrected chi connectivity index (χ2v) is 25.3. The molecule has 0 aliphatic carbocycles. The summed E-state index contributed by atoms with van der Waals surface area (Å²) in [5.74, 6) is 1.38. The summed E-state index contributed by atoms with van der Waals surface area (Å²) in [5.41, 5.74) is 0.542. The summed E-state index contributed by atoms with van der Waals surface area (Å²) >= 11 is 0. The monoisotopic (exact) mass is 991 g/mol. The standard InChI is InChI=1S/C58H66N3O8PSi/c1-9-55(71(49-24-16-11-17-25-49,50-26-18-12-19-27-50)51-28-20-13-21-29-51)70(64,61(41(2)3)42(4)5)69-52-38-54(60-39-43(6)56(62)59-57(60)63)68-53(52)40-67-58(44-22-14-10-15-23-44,45-30-34-47(65-7)35-31-45)46-32-36-48(66-8)37-33-46/h9-37,39,41-42,52-54,64,70H,38,40H2,1-8H3,(H,59,62,63)/t52-,53+,54+/m0/s1. The SMILES string of the molecule is CC=C([Si](c1ccccc1)(c1ccccc1)c1ccccc1)[PH](O)(O[C@H]1C[C@H](n2cc(C)c(=O)[nH]c2=O)O[C@@H]1COC(c1ccccc1)(c1ccc(OC)cc1)c1ccc(OC)cc1)N(C(C)C)C(C)C. The summed E-state index contributed by atoms with van der Waals surface area (Å²) in [4.78, 5) is 44.5. The average molecular weight is 992 g/mol. The first-order valence-corrected chi connectivity index (χ1v) is 28.1. The number of benzene rings is 6. The van der Waals surface area contributed by atoms with Crippen LogP contribution in [0.15, 0.2) is 197 Å². The van der Waals surface area contributed by atoms with Crippen molar-refractivity contribution in [3.05, 3.63) is 230 Å². The van der Waals surface area contributed by atoms with E-state index >= 15 is 0 Å². The predicted octanol–water partition coefficient (Wildman–Crippen LogP) is 8.76. The molecule has 0 spiro atoms. The van der Waals surface area contributed by atoms with Gasteiger partial charge in [-0.2, -0.15) is 0 Å². The van der Waals surface area contributed by atoms with Gasteiger partial charge in [-0.05, 0) is 0 Å². The van der Waals surface area contributed by atoms with Gasteiger partial charge in [0.2, 0.25) is 0 Å². The van der Waals surface area contributed by atoms with Gasteiger partial charge in [-0.25, -0.2) is 0 Å². The molecule has 0 amide bonds. The van der Waals surface area contributed by atoms with Gasteiger partial charge in [0.1, 0.15) is 0 Å². The number of rotatable bonds is 19. The third-order valence-electron chi connectivity index (χ3n) is 13.7. The number of aromatic nitrogens is 2. The molecule has 2 N–H and O–H groups in total. The molecule has 7 aromatic rings. The Morgan fingerprint density at radius 2 is 1.17 bits per heavy atom. The van der Waals surface area contributed by atoms with Crippen LogP contribution in [0.4, 0.5) is 0 Å². The van der Waals surface area contributed by atoms with Crippen LogP contribution >= 0.6 is 7.87 Å². The molecule has 0 saturated carbocycles. The number of nitrogens with zero attached hydrogens (tertiary/aromatic N) is 2. The molecule has 8 rings (SSSR count). The van der Waals surface area contributed by atoms with Gasteiger partial charge in [0.15, 0.2) is 0 Å². The molecule has 1 fully saturated rings. The molecule has 1 saturated heterocycles. The fourth-order valence-corrected chi connectivity index (χ4v) is 21.9. The van der Waals surface area contributed by atoms with Crippen molar-refractivity contribution in [3.8, 4) is 11.5 Å². The van der Waals surface area contributed by atoms with Gasteiger partial charge >= 0.3 is 421 Å². The van der Waals surface area contributed by atoms with Crippen LogP contribution in [-0.2, 0) is 19.6 Å². The van der Waals surface area contributed by atoms with E-state index in [9.17, 15) is 14.5 Å². The molecule has 0 radical (unpaired) electrons. The number of aromatic amines is 1. The van der Waals surface area contributed by atoms with E-state index in [-0.39, 0.29) is 25.1 Å². The minimum absolute atomic E-state index is 0.0527. The topological polar surface area (TPSA) is 124 Å². The first-order valence-electron chi connectivity index (χ1n) is 24.3. The third-order valence-corrected chi connectivity index (χ3v) is 23.9. The van der Waals surface area contributed by atoms with Crippen molar-refractivity contribution in [2.24, 2.45) is 0 Å². The molecule has 0 bridgehead atoms. The summed E-state index contributed by atoms with van der Waals surface area (Å²) in [6.45, 7) is 12.0. The second-order valence-electron chi connectivity index (χ2n) is 18.6. The van der Waals surface area contributed by atoms with Crippen molar-refractivity contribution in [1.82, 2.24) is 14.2 Å². The molecular formula is C58H66N3O8PSi. The predicted molar refractivity (Wildman–Crippen MR) is 288 cm³/mol. The van der Waals surface area contributed by atoms with Crippen molar-refractivity contribution < 1.29 is 28.4 Å². The molecule has 0 unspecified atom stereocenters. The van der Waals surface area contributed by atoms with Crippen molar-refractivity contribution in [2.75, 3.05) is 20.8 Å². The van der Waals surface area contributed by atoms with Crippen molar-refractivity contribution >= 4 is 31.5 Å². The first kappa shape index (κ1) is 51.2. The maximum absolute atomic E-state index is 14.6. The zero-order chi connectivity index (χ0) is 50.3. The first-order chi connectivity index (χ1) is 34.3. The number of hydrogen-bond donors (Lipinski definition) is 2. The Labute approximate surface area is 418 Å². The molecule has 1 aliphatic rings. The van der Waals surface area contributed by atoms with Gasteiger partial charge < -0.3 is 0 Å². The fourth-order valence-electron chi connectivity index (χ4n) is 10.7. The third kappa shape index (κ3) is 9.91. The van der Waals surface area contributed by atoms with Gasteiger partial charge in [0, 0.05) is 0 Å². The fraction of sp³-hybridized carbons (Fsp3) is 0.276. The maximum atomic E-state index is 14.6. The van der Waals surface area contributed by atoms with Crippen LogP contribution in [0.1, 0.15) is 69.5 Å². The molecule has 11 nitrogen and oxygen atoms in total. The number of ether oxygens (including phenoxy) is 4. The normalized spacial score (nSPS) is 17.0. The Hall–Kier alpha value is -6.21. The van der Waals surface area contributed by atoms with E-state index in [1.165, 1.54) is 10.8 Å². The molecule has 1 aromatic heterocycles. The summed E-state index contributed by atoms with van der Waals surface area (Å²) in [7, 11) is -4.57. The van der Waals surface area contributed by atoms with E-state index in [1.807, 2.05) is 104 Å².